The molecular weight excluding hydrogens is 286 g/mol. The maximum absolute atomic E-state index is 4.65. The van der Waals surface area contributed by atoms with E-state index in [1.807, 2.05) is 48.9 Å². The average Bonchev–Trinajstić information content (AvgIpc) is 3.17. The van der Waals surface area contributed by atoms with Crippen molar-refractivity contribution in [2.75, 3.05) is 5.43 Å². The third kappa shape index (κ3) is 2.40. The Morgan fingerprint density at radius 3 is 2.91 bits per heavy atom. The number of hydrazone groups is 1. The van der Waals surface area contributed by atoms with E-state index >= 15 is 0 Å². The number of nitrogens with one attached hydrogen (secondary N) is 1. The Morgan fingerprint density at radius 1 is 1.17 bits per heavy atom. The number of aryl methyl sites for hydroxylation is 1. The van der Waals surface area contributed by atoms with Gasteiger partial charge < -0.3 is 4.57 Å². The van der Waals surface area contributed by atoms with Crippen molar-refractivity contribution in [3.05, 3.63) is 59.4 Å². The topological polar surface area (TPSA) is 55.1 Å². The normalized spacial score (nSPS) is 13.6. The van der Waals surface area contributed by atoms with E-state index in [1.54, 1.807) is 0 Å². The van der Waals surface area contributed by atoms with Gasteiger partial charge in [0.25, 0.3) is 0 Å². The maximum Gasteiger partial charge on any atom is 0.224 e. The molecule has 0 amide bonds. The molecule has 5 heteroatoms. The first kappa shape index (κ1) is 13.7. The van der Waals surface area contributed by atoms with Gasteiger partial charge in [0.1, 0.15) is 0 Å². The van der Waals surface area contributed by atoms with Crippen LogP contribution in [0.5, 0.6) is 0 Å². The van der Waals surface area contributed by atoms with Gasteiger partial charge in [-0.15, -0.1) is 0 Å². The lowest BCUT2D eigenvalue weighted by Crippen LogP contribution is -2.06. The Morgan fingerprint density at radius 2 is 2.04 bits per heavy atom. The molecule has 4 rings (SSSR count). The van der Waals surface area contributed by atoms with E-state index in [-0.39, 0.29) is 0 Å². The number of nitrogens with zero attached hydrogens (tertiary/aromatic N) is 4. The SMILES string of the molecule is C/C(=N\Nc1nc2ccccc2n1C)c1ccc2c(n1)C=CC2. The van der Waals surface area contributed by atoms with Crippen LogP contribution in [0.3, 0.4) is 0 Å². The number of imidazole rings is 1. The molecule has 1 aliphatic rings. The lowest BCUT2D eigenvalue weighted by Gasteiger charge is -2.05. The van der Waals surface area contributed by atoms with Crippen molar-refractivity contribution in [2.24, 2.45) is 12.1 Å². The summed E-state index contributed by atoms with van der Waals surface area (Å²) in [6, 6.07) is 12.1. The quantitative estimate of drug-likeness (QED) is 0.596. The van der Waals surface area contributed by atoms with Crippen LogP contribution in [0, 0.1) is 0 Å². The van der Waals surface area contributed by atoms with E-state index in [0.717, 1.165) is 34.6 Å². The average molecular weight is 303 g/mol. The Kier molecular flexibility index (Phi) is 3.19. The Balaban J connectivity index is 1.62. The minimum Gasteiger partial charge on any atom is -0.312 e. The molecule has 0 spiro atoms. The summed E-state index contributed by atoms with van der Waals surface area (Å²) in [4.78, 5) is 9.19. The molecule has 2 heterocycles. The van der Waals surface area contributed by atoms with Crippen LogP contribution in [-0.4, -0.2) is 20.2 Å². The van der Waals surface area contributed by atoms with Gasteiger partial charge in [0.15, 0.2) is 0 Å². The van der Waals surface area contributed by atoms with E-state index in [4.69, 9.17) is 0 Å². The molecule has 0 aliphatic heterocycles. The number of fused-ring (bicyclic) bond motifs is 2. The number of allylic oxidation sites excluding steroid dienone is 1. The molecule has 1 N–H and O–H groups in total. The van der Waals surface area contributed by atoms with Crippen LogP contribution in [0.4, 0.5) is 5.95 Å². The minimum absolute atomic E-state index is 0.714. The van der Waals surface area contributed by atoms with Gasteiger partial charge in [0.05, 0.1) is 28.1 Å². The number of hydrogen-bond donors (Lipinski definition) is 1. The lowest BCUT2D eigenvalue weighted by molar-refractivity contribution is 0.942. The number of hydrogen-bond acceptors (Lipinski definition) is 4. The van der Waals surface area contributed by atoms with Gasteiger partial charge in [-0.1, -0.05) is 24.3 Å². The molecule has 5 nitrogen and oxygen atoms in total. The Labute approximate surface area is 134 Å². The molecule has 0 radical (unpaired) electrons. The van der Waals surface area contributed by atoms with Crippen LogP contribution >= 0.6 is 0 Å². The number of rotatable bonds is 3. The summed E-state index contributed by atoms with van der Waals surface area (Å²) < 4.78 is 1.99. The molecular formula is C18H17N5. The highest BCUT2D eigenvalue weighted by Gasteiger charge is 2.10. The smallest absolute Gasteiger partial charge is 0.224 e. The van der Waals surface area contributed by atoms with E-state index in [1.165, 1.54) is 5.56 Å². The van der Waals surface area contributed by atoms with Crippen molar-refractivity contribution in [1.82, 2.24) is 14.5 Å². The summed E-state index contributed by atoms with van der Waals surface area (Å²) in [5.41, 5.74) is 9.09. The highest BCUT2D eigenvalue weighted by molar-refractivity contribution is 5.97. The van der Waals surface area contributed by atoms with Crippen LogP contribution < -0.4 is 5.43 Å². The van der Waals surface area contributed by atoms with Gasteiger partial charge in [-0.3, -0.25) is 0 Å². The number of benzene rings is 1. The van der Waals surface area contributed by atoms with Crippen LogP contribution in [0.25, 0.3) is 17.1 Å². The number of para-hydroxylation sites is 2. The molecule has 0 atom stereocenters. The second kappa shape index (κ2) is 5.35. The summed E-state index contributed by atoms with van der Waals surface area (Å²) in [5, 5.41) is 4.44. The third-order valence-electron chi connectivity index (χ3n) is 4.11. The summed E-state index contributed by atoms with van der Waals surface area (Å²) in [5.74, 6) is 0.714. The maximum atomic E-state index is 4.65. The summed E-state index contributed by atoms with van der Waals surface area (Å²) in [6.45, 7) is 1.95. The standard InChI is InChI=1S/C18H17N5/c1-12(14-11-10-13-6-5-8-15(13)19-14)21-22-18-20-16-7-3-4-9-17(16)23(18)2/h3-5,7-11H,6H2,1-2H3,(H,20,22)/b21-12+. The zero-order chi connectivity index (χ0) is 15.8. The van der Waals surface area contributed by atoms with Gasteiger partial charge in [-0.2, -0.15) is 5.10 Å². The fourth-order valence-corrected chi connectivity index (χ4v) is 2.76. The van der Waals surface area contributed by atoms with Crippen molar-refractivity contribution in [1.29, 1.82) is 0 Å². The van der Waals surface area contributed by atoms with Crippen molar-refractivity contribution in [3.63, 3.8) is 0 Å². The fourth-order valence-electron chi connectivity index (χ4n) is 2.76. The highest BCUT2D eigenvalue weighted by Crippen LogP contribution is 2.19. The summed E-state index contributed by atoms with van der Waals surface area (Å²) in [7, 11) is 1.97. The third-order valence-corrected chi connectivity index (χ3v) is 4.11. The monoisotopic (exact) mass is 303 g/mol. The van der Waals surface area contributed by atoms with E-state index in [0.29, 0.717) is 5.95 Å². The summed E-state index contributed by atoms with van der Waals surface area (Å²) >= 11 is 0. The first-order valence-electron chi connectivity index (χ1n) is 7.61. The zero-order valence-corrected chi connectivity index (χ0v) is 13.1. The fraction of sp³-hybridized carbons (Fsp3) is 0.167. The van der Waals surface area contributed by atoms with Gasteiger partial charge in [-0.25, -0.2) is 15.4 Å². The van der Waals surface area contributed by atoms with E-state index < -0.39 is 0 Å². The molecule has 1 aliphatic carbocycles. The second-order valence-electron chi connectivity index (χ2n) is 5.64. The predicted octanol–water partition coefficient (Wildman–Crippen LogP) is 3.37. The van der Waals surface area contributed by atoms with Crippen LogP contribution in [0.2, 0.25) is 0 Å². The molecule has 3 aromatic rings. The minimum atomic E-state index is 0.714. The van der Waals surface area contributed by atoms with Gasteiger partial charge in [0.2, 0.25) is 5.95 Å². The van der Waals surface area contributed by atoms with Crippen molar-refractivity contribution in [2.45, 2.75) is 13.3 Å². The molecule has 114 valence electrons. The van der Waals surface area contributed by atoms with Gasteiger partial charge >= 0.3 is 0 Å². The van der Waals surface area contributed by atoms with Crippen molar-refractivity contribution >= 4 is 28.8 Å². The first-order chi connectivity index (χ1) is 11.2. The highest BCUT2D eigenvalue weighted by atomic mass is 15.4. The van der Waals surface area contributed by atoms with Crippen LogP contribution in [-0.2, 0) is 13.5 Å². The summed E-state index contributed by atoms with van der Waals surface area (Å²) in [6.07, 6.45) is 5.16. The van der Waals surface area contributed by atoms with Crippen molar-refractivity contribution in [3.8, 4) is 0 Å². The molecule has 0 saturated heterocycles. The number of pyridine rings is 1. The van der Waals surface area contributed by atoms with Crippen LogP contribution in [0.15, 0.2) is 47.6 Å². The second-order valence-corrected chi connectivity index (χ2v) is 5.64. The van der Waals surface area contributed by atoms with E-state index in [9.17, 15) is 0 Å². The van der Waals surface area contributed by atoms with Gasteiger partial charge in [-0.05, 0) is 43.2 Å². The Hall–Kier alpha value is -2.95. The lowest BCUT2D eigenvalue weighted by atomic mass is 10.1. The van der Waals surface area contributed by atoms with Crippen molar-refractivity contribution < 1.29 is 0 Å². The molecule has 0 fully saturated rings. The molecule has 0 saturated carbocycles. The van der Waals surface area contributed by atoms with Gasteiger partial charge in [0, 0.05) is 7.05 Å². The molecule has 1 aromatic carbocycles. The largest absolute Gasteiger partial charge is 0.312 e. The van der Waals surface area contributed by atoms with Crippen LogP contribution in [0.1, 0.15) is 23.9 Å². The number of aromatic nitrogens is 3. The molecule has 0 bridgehead atoms. The molecule has 2 aromatic heterocycles. The first-order valence-corrected chi connectivity index (χ1v) is 7.61. The Bertz CT molecular complexity index is 949. The zero-order valence-electron chi connectivity index (χ0n) is 13.1. The number of anilines is 1. The molecule has 0 unspecified atom stereocenters. The molecule has 23 heavy (non-hydrogen) atoms. The predicted molar refractivity (Wildman–Crippen MR) is 93.5 cm³/mol. The van der Waals surface area contributed by atoms with E-state index in [2.05, 4.69) is 38.7 Å².